The zero-order valence-corrected chi connectivity index (χ0v) is 12.3. The van der Waals surface area contributed by atoms with Crippen LogP contribution in [0, 0.1) is 5.92 Å². The van der Waals surface area contributed by atoms with E-state index >= 15 is 0 Å². The Balaban J connectivity index is 0.00000400. The third-order valence-electron chi connectivity index (χ3n) is 2.63. The van der Waals surface area contributed by atoms with Crippen LogP contribution < -0.4 is 15.8 Å². The molecule has 0 aromatic heterocycles. The van der Waals surface area contributed by atoms with Crippen molar-refractivity contribution in [1.82, 2.24) is 5.32 Å². The Kier molecular flexibility index (Phi) is 8.12. The van der Waals surface area contributed by atoms with Crippen molar-refractivity contribution in [2.45, 2.75) is 13.1 Å². The van der Waals surface area contributed by atoms with E-state index < -0.39 is 11.7 Å². The molecular formula is C13H18ClF3N2O2. The maximum atomic E-state index is 12.5. The van der Waals surface area contributed by atoms with E-state index in [9.17, 15) is 18.0 Å². The quantitative estimate of drug-likeness (QED) is 0.788. The van der Waals surface area contributed by atoms with E-state index in [1.54, 1.807) is 6.92 Å². The van der Waals surface area contributed by atoms with Crippen LogP contribution in [0.3, 0.4) is 0 Å². The fourth-order valence-electron chi connectivity index (χ4n) is 1.39. The lowest BCUT2D eigenvalue weighted by Gasteiger charge is -2.12. The number of rotatable bonds is 6. The van der Waals surface area contributed by atoms with E-state index in [0.717, 1.165) is 12.1 Å². The van der Waals surface area contributed by atoms with Crippen LogP contribution in [0.25, 0.3) is 0 Å². The van der Waals surface area contributed by atoms with Gasteiger partial charge in [0.1, 0.15) is 12.4 Å². The normalized spacial score (nSPS) is 12.2. The summed E-state index contributed by atoms with van der Waals surface area (Å²) < 4.78 is 42.6. The lowest BCUT2D eigenvalue weighted by molar-refractivity contribution is -0.137. The zero-order valence-electron chi connectivity index (χ0n) is 11.4. The molecule has 1 unspecified atom stereocenters. The first-order valence-corrected chi connectivity index (χ1v) is 6.12. The van der Waals surface area contributed by atoms with Gasteiger partial charge < -0.3 is 15.8 Å². The Hall–Kier alpha value is -1.47. The Labute approximate surface area is 127 Å². The third kappa shape index (κ3) is 6.68. The van der Waals surface area contributed by atoms with Crippen molar-refractivity contribution in [3.05, 3.63) is 29.8 Å². The highest BCUT2D eigenvalue weighted by atomic mass is 35.5. The van der Waals surface area contributed by atoms with Gasteiger partial charge in [-0.1, -0.05) is 13.0 Å². The van der Waals surface area contributed by atoms with Crippen LogP contribution in [0.4, 0.5) is 13.2 Å². The van der Waals surface area contributed by atoms with E-state index in [0.29, 0.717) is 0 Å². The van der Waals surface area contributed by atoms with Gasteiger partial charge in [0.05, 0.1) is 12.1 Å². The van der Waals surface area contributed by atoms with Crippen LogP contribution in [-0.4, -0.2) is 25.6 Å². The van der Waals surface area contributed by atoms with Gasteiger partial charge in [-0.25, -0.2) is 0 Å². The summed E-state index contributed by atoms with van der Waals surface area (Å²) in [4.78, 5) is 11.4. The molecule has 1 aromatic rings. The van der Waals surface area contributed by atoms with Crippen molar-refractivity contribution in [1.29, 1.82) is 0 Å². The lowest BCUT2D eigenvalue weighted by Crippen LogP contribution is -2.35. The molecule has 21 heavy (non-hydrogen) atoms. The zero-order chi connectivity index (χ0) is 15.2. The van der Waals surface area contributed by atoms with E-state index in [4.69, 9.17) is 10.5 Å². The van der Waals surface area contributed by atoms with Crippen LogP contribution in [0.5, 0.6) is 5.75 Å². The van der Waals surface area contributed by atoms with Gasteiger partial charge in [-0.3, -0.25) is 4.79 Å². The van der Waals surface area contributed by atoms with Crippen LogP contribution in [0.15, 0.2) is 24.3 Å². The maximum Gasteiger partial charge on any atom is 0.416 e. The Bertz CT molecular complexity index is 455. The highest BCUT2D eigenvalue weighted by Crippen LogP contribution is 2.31. The first kappa shape index (κ1) is 19.5. The number of benzene rings is 1. The number of carbonyl (C=O) groups is 1. The fourth-order valence-corrected chi connectivity index (χ4v) is 1.39. The second kappa shape index (κ2) is 8.74. The summed E-state index contributed by atoms with van der Waals surface area (Å²) in [7, 11) is 0. The molecule has 0 heterocycles. The number of halogens is 4. The molecule has 0 radical (unpaired) electrons. The lowest BCUT2D eigenvalue weighted by atomic mass is 10.2. The number of nitrogens with one attached hydrogen (secondary N) is 1. The van der Waals surface area contributed by atoms with E-state index in [-0.39, 0.29) is 49.7 Å². The van der Waals surface area contributed by atoms with Gasteiger partial charge in [0.25, 0.3) is 0 Å². The van der Waals surface area contributed by atoms with Gasteiger partial charge in [0.15, 0.2) is 0 Å². The van der Waals surface area contributed by atoms with Gasteiger partial charge in [-0.05, 0) is 18.2 Å². The average Bonchev–Trinajstić information content (AvgIpc) is 2.41. The number of hydrogen-bond donors (Lipinski definition) is 2. The predicted octanol–water partition coefficient (Wildman–Crippen LogP) is 2.22. The second-order valence-corrected chi connectivity index (χ2v) is 4.30. The van der Waals surface area contributed by atoms with Crippen LogP contribution in [0.2, 0.25) is 0 Å². The van der Waals surface area contributed by atoms with Crippen molar-refractivity contribution in [3.63, 3.8) is 0 Å². The smallest absolute Gasteiger partial charge is 0.416 e. The summed E-state index contributed by atoms with van der Waals surface area (Å²) in [6.45, 7) is 2.22. The fraction of sp³-hybridized carbons (Fsp3) is 0.462. The highest BCUT2D eigenvalue weighted by Gasteiger charge is 2.30. The van der Waals surface area contributed by atoms with E-state index in [1.807, 2.05) is 0 Å². The molecule has 8 heteroatoms. The van der Waals surface area contributed by atoms with Gasteiger partial charge in [-0.2, -0.15) is 13.2 Å². The number of amides is 1. The Morgan fingerprint density at radius 3 is 2.67 bits per heavy atom. The van der Waals surface area contributed by atoms with Crippen LogP contribution in [0.1, 0.15) is 12.5 Å². The molecule has 1 amide bonds. The van der Waals surface area contributed by atoms with Crippen molar-refractivity contribution < 1.29 is 22.7 Å². The summed E-state index contributed by atoms with van der Waals surface area (Å²) in [6, 6.07) is 4.59. The number of ether oxygens (including phenoxy) is 1. The summed E-state index contributed by atoms with van der Waals surface area (Å²) in [6.07, 6.45) is -4.40. The molecular weight excluding hydrogens is 309 g/mol. The topological polar surface area (TPSA) is 64.4 Å². The summed E-state index contributed by atoms with van der Waals surface area (Å²) in [5.74, 6) is -0.398. The van der Waals surface area contributed by atoms with Crippen molar-refractivity contribution in [3.8, 4) is 5.75 Å². The molecule has 0 aliphatic rings. The van der Waals surface area contributed by atoms with Crippen LogP contribution in [-0.2, 0) is 11.0 Å². The van der Waals surface area contributed by atoms with Crippen molar-refractivity contribution in [2.24, 2.45) is 11.7 Å². The molecule has 0 spiro atoms. The molecule has 1 aromatic carbocycles. The minimum absolute atomic E-state index is 0. The summed E-state index contributed by atoms with van der Waals surface area (Å²) in [5.41, 5.74) is 4.56. The first-order valence-electron chi connectivity index (χ1n) is 6.12. The molecule has 120 valence electrons. The molecule has 0 saturated heterocycles. The minimum atomic E-state index is -4.40. The van der Waals surface area contributed by atoms with E-state index in [1.165, 1.54) is 12.1 Å². The number of alkyl halides is 3. The third-order valence-corrected chi connectivity index (χ3v) is 2.63. The molecule has 3 N–H and O–H groups in total. The first-order chi connectivity index (χ1) is 9.34. The predicted molar refractivity (Wildman–Crippen MR) is 75.4 cm³/mol. The SMILES string of the molecule is CC(CN)C(=O)NCCOc1cccc(C(F)(F)F)c1.Cl. The highest BCUT2D eigenvalue weighted by molar-refractivity contribution is 5.85. The molecule has 0 bridgehead atoms. The van der Waals surface area contributed by atoms with E-state index in [2.05, 4.69) is 5.32 Å². The summed E-state index contributed by atoms with van der Waals surface area (Å²) in [5, 5.41) is 2.58. The summed E-state index contributed by atoms with van der Waals surface area (Å²) >= 11 is 0. The minimum Gasteiger partial charge on any atom is -0.492 e. The molecule has 1 atom stereocenters. The maximum absolute atomic E-state index is 12.5. The molecule has 0 fully saturated rings. The Morgan fingerprint density at radius 2 is 2.10 bits per heavy atom. The van der Waals surface area contributed by atoms with Crippen molar-refractivity contribution >= 4 is 18.3 Å². The molecule has 0 aliphatic carbocycles. The molecule has 0 saturated carbocycles. The van der Waals surface area contributed by atoms with Gasteiger partial charge in [0.2, 0.25) is 5.91 Å². The van der Waals surface area contributed by atoms with Gasteiger partial charge in [0, 0.05) is 12.5 Å². The molecule has 1 rings (SSSR count). The molecule has 4 nitrogen and oxygen atoms in total. The van der Waals surface area contributed by atoms with Gasteiger partial charge >= 0.3 is 6.18 Å². The van der Waals surface area contributed by atoms with Crippen LogP contribution >= 0.6 is 12.4 Å². The number of nitrogens with two attached hydrogens (primary N) is 1. The number of carbonyl (C=O) groups excluding carboxylic acids is 1. The van der Waals surface area contributed by atoms with Gasteiger partial charge in [-0.15, -0.1) is 12.4 Å². The largest absolute Gasteiger partial charge is 0.492 e. The average molecular weight is 327 g/mol. The monoisotopic (exact) mass is 326 g/mol. The second-order valence-electron chi connectivity index (χ2n) is 4.30. The van der Waals surface area contributed by atoms with Crippen molar-refractivity contribution in [2.75, 3.05) is 19.7 Å². The Morgan fingerprint density at radius 1 is 1.43 bits per heavy atom. The standard InChI is InChI=1S/C13H17F3N2O2.ClH/c1-9(8-17)12(19)18-5-6-20-11-4-2-3-10(7-11)13(14,15)16;/h2-4,7,9H,5-6,8,17H2,1H3,(H,18,19);1H. The number of hydrogen-bond acceptors (Lipinski definition) is 3. The molecule has 0 aliphatic heterocycles.